The highest BCUT2D eigenvalue weighted by Crippen LogP contribution is 2.33. The highest BCUT2D eigenvalue weighted by Gasteiger charge is 2.25. The van der Waals surface area contributed by atoms with Crippen LogP contribution in [-0.2, 0) is 11.2 Å². The number of hydrogen-bond acceptors (Lipinski definition) is 2. The summed E-state index contributed by atoms with van der Waals surface area (Å²) >= 11 is 0. The quantitative estimate of drug-likeness (QED) is 0.852. The summed E-state index contributed by atoms with van der Waals surface area (Å²) in [6.45, 7) is 3.04. The molecule has 17 heavy (non-hydrogen) atoms. The van der Waals surface area contributed by atoms with Crippen molar-refractivity contribution >= 4 is 5.97 Å². The van der Waals surface area contributed by atoms with E-state index in [1.165, 1.54) is 12.8 Å². The fourth-order valence-electron chi connectivity index (χ4n) is 2.30. The molecule has 92 valence electrons. The van der Waals surface area contributed by atoms with Gasteiger partial charge >= 0.3 is 5.97 Å². The Morgan fingerprint density at radius 2 is 2.00 bits per heavy atom. The number of aliphatic carboxylic acids is 1. The lowest BCUT2D eigenvalue weighted by atomic mass is 9.77. The van der Waals surface area contributed by atoms with Gasteiger partial charge in [-0.25, -0.2) is 0 Å². The number of carboxylic acids is 1. The van der Waals surface area contributed by atoms with E-state index in [0.29, 0.717) is 5.92 Å². The predicted octanol–water partition coefficient (Wildman–Crippen LogP) is 2.74. The van der Waals surface area contributed by atoms with Crippen molar-refractivity contribution in [2.45, 2.75) is 26.2 Å². The molecule has 0 unspecified atom stereocenters. The third kappa shape index (κ3) is 3.48. The standard InChI is InChI=1S/C14H18O3/c1-10-6-12(7-10)9-17-13-4-2-11(3-5-13)8-14(15)16/h2-5,10,12H,6-9H2,1H3,(H,15,16). The van der Waals surface area contributed by atoms with Gasteiger partial charge in [0, 0.05) is 0 Å². The van der Waals surface area contributed by atoms with Gasteiger partial charge in [0.15, 0.2) is 0 Å². The van der Waals surface area contributed by atoms with Crippen LogP contribution in [0, 0.1) is 11.8 Å². The normalized spacial score (nSPS) is 22.9. The van der Waals surface area contributed by atoms with Gasteiger partial charge in [-0.3, -0.25) is 4.79 Å². The van der Waals surface area contributed by atoms with E-state index in [9.17, 15) is 4.79 Å². The Bertz CT molecular complexity index is 377. The molecule has 1 aromatic carbocycles. The number of ether oxygens (including phenoxy) is 1. The molecule has 0 bridgehead atoms. The average Bonchev–Trinajstić information content (AvgIpc) is 2.24. The molecule has 3 heteroatoms. The molecule has 1 aromatic rings. The van der Waals surface area contributed by atoms with E-state index in [0.717, 1.165) is 23.8 Å². The van der Waals surface area contributed by atoms with Crippen molar-refractivity contribution < 1.29 is 14.6 Å². The van der Waals surface area contributed by atoms with Crippen LogP contribution in [0.5, 0.6) is 5.75 Å². The molecule has 1 N–H and O–H groups in total. The minimum absolute atomic E-state index is 0.0699. The first-order valence-electron chi connectivity index (χ1n) is 6.07. The van der Waals surface area contributed by atoms with Crippen molar-refractivity contribution in [1.29, 1.82) is 0 Å². The lowest BCUT2D eigenvalue weighted by Gasteiger charge is -2.32. The molecule has 0 aliphatic heterocycles. The number of carboxylic acid groups (broad SMARTS) is 1. The first-order chi connectivity index (χ1) is 8.13. The Kier molecular flexibility index (Phi) is 3.67. The van der Waals surface area contributed by atoms with Crippen molar-refractivity contribution in [2.24, 2.45) is 11.8 Å². The molecule has 3 nitrogen and oxygen atoms in total. The number of benzene rings is 1. The lowest BCUT2D eigenvalue weighted by Crippen LogP contribution is -2.26. The summed E-state index contributed by atoms with van der Waals surface area (Å²) in [5.41, 5.74) is 0.808. The summed E-state index contributed by atoms with van der Waals surface area (Å²) < 4.78 is 5.67. The molecule has 0 heterocycles. The van der Waals surface area contributed by atoms with E-state index in [-0.39, 0.29) is 6.42 Å². The van der Waals surface area contributed by atoms with E-state index >= 15 is 0 Å². The van der Waals surface area contributed by atoms with Gasteiger partial charge in [-0.15, -0.1) is 0 Å². The number of hydrogen-bond donors (Lipinski definition) is 1. The van der Waals surface area contributed by atoms with Gasteiger partial charge < -0.3 is 9.84 Å². The van der Waals surface area contributed by atoms with Crippen LogP contribution >= 0.6 is 0 Å². The Balaban J connectivity index is 1.79. The maximum absolute atomic E-state index is 10.5. The molecular formula is C14H18O3. The molecule has 1 aliphatic rings. The monoisotopic (exact) mass is 234 g/mol. The summed E-state index contributed by atoms with van der Waals surface area (Å²) in [5, 5.41) is 8.65. The van der Waals surface area contributed by atoms with Gasteiger partial charge in [-0.2, -0.15) is 0 Å². The third-order valence-electron chi connectivity index (χ3n) is 3.24. The minimum atomic E-state index is -0.804. The van der Waals surface area contributed by atoms with Gasteiger partial charge in [-0.1, -0.05) is 19.1 Å². The fraction of sp³-hybridized carbons (Fsp3) is 0.500. The second-order valence-corrected chi connectivity index (χ2v) is 4.97. The molecule has 0 aromatic heterocycles. The smallest absolute Gasteiger partial charge is 0.307 e. The maximum Gasteiger partial charge on any atom is 0.307 e. The first kappa shape index (κ1) is 12.0. The highest BCUT2D eigenvalue weighted by molar-refractivity contribution is 5.70. The van der Waals surface area contributed by atoms with Crippen LogP contribution in [0.2, 0.25) is 0 Å². The van der Waals surface area contributed by atoms with E-state index in [4.69, 9.17) is 9.84 Å². The SMILES string of the molecule is CC1CC(COc2ccc(CC(=O)O)cc2)C1. The van der Waals surface area contributed by atoms with Crippen LogP contribution in [-0.4, -0.2) is 17.7 Å². The van der Waals surface area contributed by atoms with Gasteiger partial charge in [0.25, 0.3) is 0 Å². The molecule has 1 fully saturated rings. The summed E-state index contributed by atoms with van der Waals surface area (Å²) in [7, 11) is 0. The molecule has 0 atom stereocenters. The molecule has 2 rings (SSSR count). The molecule has 0 saturated heterocycles. The van der Waals surface area contributed by atoms with Crippen molar-refractivity contribution in [1.82, 2.24) is 0 Å². The molecule has 0 amide bonds. The summed E-state index contributed by atoms with van der Waals surface area (Å²) in [6.07, 6.45) is 2.59. The zero-order valence-corrected chi connectivity index (χ0v) is 10.1. The Morgan fingerprint density at radius 1 is 1.35 bits per heavy atom. The Labute approximate surface area is 101 Å². The Morgan fingerprint density at radius 3 is 2.53 bits per heavy atom. The van der Waals surface area contributed by atoms with Crippen LogP contribution in [0.1, 0.15) is 25.3 Å². The zero-order chi connectivity index (χ0) is 12.3. The molecule has 0 spiro atoms. The van der Waals surface area contributed by atoms with E-state index in [1.54, 1.807) is 0 Å². The summed E-state index contributed by atoms with van der Waals surface area (Å²) in [6, 6.07) is 7.32. The summed E-state index contributed by atoms with van der Waals surface area (Å²) in [5.74, 6) is 1.58. The largest absolute Gasteiger partial charge is 0.493 e. The van der Waals surface area contributed by atoms with Crippen LogP contribution in [0.25, 0.3) is 0 Å². The second-order valence-electron chi connectivity index (χ2n) is 4.97. The van der Waals surface area contributed by atoms with Crippen molar-refractivity contribution in [2.75, 3.05) is 6.61 Å². The average molecular weight is 234 g/mol. The topological polar surface area (TPSA) is 46.5 Å². The third-order valence-corrected chi connectivity index (χ3v) is 3.24. The molecular weight excluding hydrogens is 216 g/mol. The first-order valence-corrected chi connectivity index (χ1v) is 6.07. The second kappa shape index (κ2) is 5.21. The lowest BCUT2D eigenvalue weighted by molar-refractivity contribution is -0.136. The fourth-order valence-corrected chi connectivity index (χ4v) is 2.30. The van der Waals surface area contributed by atoms with Gasteiger partial charge in [0.05, 0.1) is 13.0 Å². The van der Waals surface area contributed by atoms with Crippen molar-refractivity contribution in [3.05, 3.63) is 29.8 Å². The predicted molar refractivity (Wildman–Crippen MR) is 65.2 cm³/mol. The van der Waals surface area contributed by atoms with Gasteiger partial charge in [0.2, 0.25) is 0 Å². The van der Waals surface area contributed by atoms with E-state index < -0.39 is 5.97 Å². The highest BCUT2D eigenvalue weighted by atomic mass is 16.5. The van der Waals surface area contributed by atoms with Crippen molar-refractivity contribution in [3.63, 3.8) is 0 Å². The van der Waals surface area contributed by atoms with Gasteiger partial charge in [-0.05, 0) is 42.4 Å². The summed E-state index contributed by atoms with van der Waals surface area (Å²) in [4.78, 5) is 10.5. The van der Waals surface area contributed by atoms with Crippen LogP contribution in [0.3, 0.4) is 0 Å². The minimum Gasteiger partial charge on any atom is -0.493 e. The van der Waals surface area contributed by atoms with Crippen LogP contribution in [0.4, 0.5) is 0 Å². The van der Waals surface area contributed by atoms with Crippen molar-refractivity contribution in [3.8, 4) is 5.75 Å². The molecule has 1 aliphatic carbocycles. The van der Waals surface area contributed by atoms with E-state index in [1.807, 2.05) is 24.3 Å². The molecule has 1 saturated carbocycles. The van der Waals surface area contributed by atoms with E-state index in [2.05, 4.69) is 6.92 Å². The molecule has 0 radical (unpaired) electrons. The maximum atomic E-state index is 10.5. The number of carbonyl (C=O) groups is 1. The Hall–Kier alpha value is -1.51. The zero-order valence-electron chi connectivity index (χ0n) is 10.1. The number of rotatable bonds is 5. The van der Waals surface area contributed by atoms with Crippen LogP contribution < -0.4 is 4.74 Å². The van der Waals surface area contributed by atoms with Gasteiger partial charge in [0.1, 0.15) is 5.75 Å². The van der Waals surface area contributed by atoms with Crippen LogP contribution in [0.15, 0.2) is 24.3 Å².